The molecule has 1 amide bonds. The molecule has 0 unspecified atom stereocenters. The molecule has 1 aromatic heterocycles. The Hall–Kier alpha value is -1.81. The number of aryl methyl sites for hydroxylation is 1. The maximum Gasteiger partial charge on any atom is 0.287 e. The monoisotopic (exact) mass is 300 g/mol. The minimum absolute atomic E-state index is 0.0864. The zero-order valence-corrected chi connectivity index (χ0v) is 13.6. The second-order valence-electron chi connectivity index (χ2n) is 6.43. The molecule has 3 rings (SSSR count). The molecular formula is C18H24N2O2. The van der Waals surface area contributed by atoms with Crippen molar-refractivity contribution in [1.29, 1.82) is 0 Å². The van der Waals surface area contributed by atoms with Gasteiger partial charge in [-0.05, 0) is 39.7 Å². The van der Waals surface area contributed by atoms with Crippen LogP contribution in [0.3, 0.4) is 0 Å². The van der Waals surface area contributed by atoms with Crippen LogP contribution < -0.4 is 5.32 Å². The highest BCUT2D eigenvalue weighted by Crippen LogP contribution is 2.25. The van der Waals surface area contributed by atoms with Crippen molar-refractivity contribution in [3.05, 3.63) is 35.6 Å². The number of hydrogen-bond acceptors (Lipinski definition) is 3. The largest absolute Gasteiger partial charge is 0.451 e. The fourth-order valence-electron chi connectivity index (χ4n) is 3.20. The molecule has 0 radical (unpaired) electrons. The standard InChI is InChI=1S/C18H24N2O2/c1-12(2)20-10-8-14(9-11-20)19-18(21)17-13(3)15-6-4-5-7-16(15)22-17/h4-7,12,14H,8-11H2,1-3H3,(H,19,21). The number of nitrogens with zero attached hydrogens (tertiary/aromatic N) is 1. The molecule has 1 aliphatic heterocycles. The van der Waals surface area contributed by atoms with Crippen LogP contribution in [0.4, 0.5) is 0 Å². The van der Waals surface area contributed by atoms with E-state index in [1.54, 1.807) is 0 Å². The van der Waals surface area contributed by atoms with Gasteiger partial charge in [-0.3, -0.25) is 4.79 Å². The van der Waals surface area contributed by atoms with E-state index in [0.29, 0.717) is 11.8 Å². The summed E-state index contributed by atoms with van der Waals surface area (Å²) in [6, 6.07) is 8.61. The lowest BCUT2D eigenvalue weighted by molar-refractivity contribution is 0.0874. The maximum absolute atomic E-state index is 12.5. The zero-order valence-electron chi connectivity index (χ0n) is 13.6. The number of carbonyl (C=O) groups excluding carboxylic acids is 1. The summed E-state index contributed by atoms with van der Waals surface area (Å²) >= 11 is 0. The molecule has 0 aliphatic carbocycles. The van der Waals surface area contributed by atoms with Crippen molar-refractivity contribution < 1.29 is 9.21 Å². The Morgan fingerprint density at radius 2 is 1.95 bits per heavy atom. The van der Waals surface area contributed by atoms with Gasteiger partial charge in [0.2, 0.25) is 0 Å². The van der Waals surface area contributed by atoms with E-state index in [0.717, 1.165) is 42.5 Å². The van der Waals surface area contributed by atoms with Gasteiger partial charge in [0.15, 0.2) is 5.76 Å². The van der Waals surface area contributed by atoms with Gasteiger partial charge >= 0.3 is 0 Å². The first-order chi connectivity index (χ1) is 10.6. The second kappa shape index (κ2) is 6.13. The second-order valence-corrected chi connectivity index (χ2v) is 6.43. The molecule has 1 fully saturated rings. The number of fused-ring (bicyclic) bond motifs is 1. The smallest absolute Gasteiger partial charge is 0.287 e. The fourth-order valence-corrected chi connectivity index (χ4v) is 3.20. The Morgan fingerprint density at radius 1 is 1.27 bits per heavy atom. The molecule has 118 valence electrons. The summed E-state index contributed by atoms with van der Waals surface area (Å²) in [7, 11) is 0. The van der Waals surface area contributed by atoms with E-state index >= 15 is 0 Å². The minimum atomic E-state index is -0.0864. The lowest BCUT2D eigenvalue weighted by atomic mass is 10.0. The predicted molar refractivity (Wildman–Crippen MR) is 88.1 cm³/mol. The number of likely N-dealkylation sites (tertiary alicyclic amines) is 1. The average Bonchev–Trinajstić information content (AvgIpc) is 2.85. The van der Waals surface area contributed by atoms with Crippen LogP contribution >= 0.6 is 0 Å². The van der Waals surface area contributed by atoms with Gasteiger partial charge in [-0.1, -0.05) is 18.2 Å². The molecule has 1 aliphatic rings. The first kappa shape index (κ1) is 15.1. The highest BCUT2D eigenvalue weighted by Gasteiger charge is 2.24. The van der Waals surface area contributed by atoms with E-state index in [9.17, 15) is 4.79 Å². The van der Waals surface area contributed by atoms with Gasteiger partial charge in [0, 0.05) is 36.1 Å². The molecule has 0 saturated carbocycles. The predicted octanol–water partition coefficient (Wildman–Crippen LogP) is 3.34. The first-order valence-corrected chi connectivity index (χ1v) is 8.09. The number of piperidine rings is 1. The summed E-state index contributed by atoms with van der Waals surface area (Å²) in [6.07, 6.45) is 2.01. The van der Waals surface area contributed by atoms with Crippen molar-refractivity contribution >= 4 is 16.9 Å². The lowest BCUT2D eigenvalue weighted by Gasteiger charge is -2.34. The highest BCUT2D eigenvalue weighted by molar-refractivity contribution is 5.99. The molecule has 2 heterocycles. The van der Waals surface area contributed by atoms with Gasteiger partial charge in [0.1, 0.15) is 5.58 Å². The molecule has 1 N–H and O–H groups in total. The Kier molecular flexibility index (Phi) is 4.21. The zero-order chi connectivity index (χ0) is 15.7. The van der Waals surface area contributed by atoms with Crippen LogP contribution in [0.1, 0.15) is 42.8 Å². The van der Waals surface area contributed by atoms with Crippen LogP contribution in [0.5, 0.6) is 0 Å². The van der Waals surface area contributed by atoms with E-state index in [-0.39, 0.29) is 11.9 Å². The van der Waals surface area contributed by atoms with Gasteiger partial charge in [0.25, 0.3) is 5.91 Å². The maximum atomic E-state index is 12.5. The molecular weight excluding hydrogens is 276 g/mol. The van der Waals surface area contributed by atoms with Crippen molar-refractivity contribution in [3.63, 3.8) is 0 Å². The van der Waals surface area contributed by atoms with Gasteiger partial charge in [-0.15, -0.1) is 0 Å². The SMILES string of the molecule is Cc1c(C(=O)NC2CCN(C(C)C)CC2)oc2ccccc12. The third kappa shape index (κ3) is 2.88. The molecule has 0 bridgehead atoms. The van der Waals surface area contributed by atoms with Crippen LogP contribution in [-0.4, -0.2) is 36.0 Å². The highest BCUT2D eigenvalue weighted by atomic mass is 16.3. The van der Waals surface area contributed by atoms with Crippen LogP contribution in [-0.2, 0) is 0 Å². The quantitative estimate of drug-likeness (QED) is 0.945. The van der Waals surface area contributed by atoms with Crippen molar-refractivity contribution in [2.75, 3.05) is 13.1 Å². The fraction of sp³-hybridized carbons (Fsp3) is 0.500. The summed E-state index contributed by atoms with van der Waals surface area (Å²) in [4.78, 5) is 15.0. The van der Waals surface area contributed by atoms with Crippen molar-refractivity contribution in [2.45, 2.75) is 45.7 Å². The average molecular weight is 300 g/mol. The van der Waals surface area contributed by atoms with Crippen molar-refractivity contribution in [1.82, 2.24) is 10.2 Å². The lowest BCUT2D eigenvalue weighted by Crippen LogP contribution is -2.46. The first-order valence-electron chi connectivity index (χ1n) is 8.09. The van der Waals surface area contributed by atoms with Crippen molar-refractivity contribution in [2.24, 2.45) is 0 Å². The number of benzene rings is 1. The van der Waals surface area contributed by atoms with Gasteiger partial charge < -0.3 is 14.6 Å². The molecule has 0 spiro atoms. The number of carbonyl (C=O) groups is 1. The Balaban J connectivity index is 1.68. The molecule has 1 aromatic carbocycles. The summed E-state index contributed by atoms with van der Waals surface area (Å²) in [5.41, 5.74) is 1.70. The number of furan rings is 1. The Labute approximate surface area is 131 Å². The Bertz CT molecular complexity index is 667. The molecule has 22 heavy (non-hydrogen) atoms. The van der Waals surface area contributed by atoms with Crippen LogP contribution in [0.15, 0.2) is 28.7 Å². The summed E-state index contributed by atoms with van der Waals surface area (Å²) in [5.74, 6) is 0.365. The number of rotatable bonds is 3. The summed E-state index contributed by atoms with van der Waals surface area (Å²) in [5, 5.41) is 4.15. The van der Waals surface area contributed by atoms with E-state index in [2.05, 4.69) is 24.1 Å². The van der Waals surface area contributed by atoms with Gasteiger partial charge in [0.05, 0.1) is 0 Å². The number of para-hydroxylation sites is 1. The summed E-state index contributed by atoms with van der Waals surface area (Å²) < 4.78 is 5.74. The molecule has 1 saturated heterocycles. The number of amides is 1. The van der Waals surface area contributed by atoms with Gasteiger partial charge in [-0.2, -0.15) is 0 Å². The molecule has 0 atom stereocenters. The summed E-state index contributed by atoms with van der Waals surface area (Å²) in [6.45, 7) is 8.47. The van der Waals surface area contributed by atoms with Crippen LogP contribution in [0.2, 0.25) is 0 Å². The van der Waals surface area contributed by atoms with E-state index in [4.69, 9.17) is 4.42 Å². The molecule has 4 nitrogen and oxygen atoms in total. The number of nitrogens with one attached hydrogen (secondary N) is 1. The van der Waals surface area contributed by atoms with Crippen LogP contribution in [0, 0.1) is 6.92 Å². The van der Waals surface area contributed by atoms with Crippen LogP contribution in [0.25, 0.3) is 11.0 Å². The molecule has 4 heteroatoms. The molecule has 2 aromatic rings. The minimum Gasteiger partial charge on any atom is -0.451 e. The van der Waals surface area contributed by atoms with E-state index in [1.807, 2.05) is 31.2 Å². The topological polar surface area (TPSA) is 45.5 Å². The van der Waals surface area contributed by atoms with E-state index in [1.165, 1.54) is 0 Å². The van der Waals surface area contributed by atoms with E-state index < -0.39 is 0 Å². The third-order valence-corrected chi connectivity index (χ3v) is 4.64. The normalized spacial score (nSPS) is 17.3. The third-order valence-electron chi connectivity index (χ3n) is 4.64. The van der Waals surface area contributed by atoms with Crippen molar-refractivity contribution in [3.8, 4) is 0 Å². The number of hydrogen-bond donors (Lipinski definition) is 1. The Morgan fingerprint density at radius 3 is 2.59 bits per heavy atom. The van der Waals surface area contributed by atoms with Gasteiger partial charge in [-0.25, -0.2) is 0 Å².